The van der Waals surface area contributed by atoms with E-state index >= 15 is 0 Å². The van der Waals surface area contributed by atoms with E-state index in [4.69, 9.17) is 16.3 Å². The molecule has 0 aliphatic rings. The minimum atomic E-state index is 0.150. The number of nitrogens with one attached hydrogen (secondary N) is 1. The zero-order chi connectivity index (χ0) is 15.2. The van der Waals surface area contributed by atoms with Gasteiger partial charge < -0.3 is 10.1 Å². The Hall–Kier alpha value is -1.51. The first kappa shape index (κ1) is 15.9. The number of halogens is 1. The number of hydrogen-bond donors (Lipinski definition) is 1. The van der Waals surface area contributed by atoms with Crippen molar-refractivity contribution < 1.29 is 4.74 Å². The summed E-state index contributed by atoms with van der Waals surface area (Å²) in [5.74, 6) is 0.891. The quantitative estimate of drug-likeness (QED) is 0.813. The molecule has 0 aliphatic carbocycles. The molecular formula is C18H22ClNO. The molecule has 1 atom stereocenters. The summed E-state index contributed by atoms with van der Waals surface area (Å²) in [7, 11) is 0. The largest absolute Gasteiger partial charge is 0.491 e. The van der Waals surface area contributed by atoms with Crippen molar-refractivity contribution >= 4 is 11.6 Å². The fraction of sp³-hybridized carbons (Fsp3) is 0.333. The van der Waals surface area contributed by atoms with Crippen LogP contribution in [0.2, 0.25) is 5.02 Å². The first-order valence-electron chi connectivity index (χ1n) is 7.29. The lowest BCUT2D eigenvalue weighted by Gasteiger charge is -2.18. The van der Waals surface area contributed by atoms with E-state index in [1.165, 1.54) is 5.56 Å². The Morgan fingerprint density at radius 3 is 2.43 bits per heavy atom. The predicted molar refractivity (Wildman–Crippen MR) is 88.9 cm³/mol. The van der Waals surface area contributed by atoms with Gasteiger partial charge in [0.15, 0.2) is 0 Å². The smallest absolute Gasteiger partial charge is 0.124 e. The van der Waals surface area contributed by atoms with Crippen LogP contribution in [-0.4, -0.2) is 6.10 Å². The van der Waals surface area contributed by atoms with Gasteiger partial charge in [0.1, 0.15) is 5.75 Å². The lowest BCUT2D eigenvalue weighted by atomic mass is 10.1. The molecule has 0 aromatic heterocycles. The lowest BCUT2D eigenvalue weighted by Crippen LogP contribution is -2.19. The summed E-state index contributed by atoms with van der Waals surface area (Å²) in [5, 5.41) is 4.25. The van der Waals surface area contributed by atoms with Crippen LogP contribution in [0, 0.1) is 0 Å². The van der Waals surface area contributed by atoms with E-state index < -0.39 is 0 Å². The fourth-order valence-corrected chi connectivity index (χ4v) is 2.37. The van der Waals surface area contributed by atoms with Crippen molar-refractivity contribution in [3.8, 4) is 5.75 Å². The van der Waals surface area contributed by atoms with Crippen LogP contribution in [0.3, 0.4) is 0 Å². The molecule has 0 unspecified atom stereocenters. The molecule has 0 heterocycles. The van der Waals surface area contributed by atoms with Crippen LogP contribution in [0.5, 0.6) is 5.75 Å². The summed E-state index contributed by atoms with van der Waals surface area (Å²) in [6, 6.07) is 16.4. The van der Waals surface area contributed by atoms with Crippen molar-refractivity contribution in [1.29, 1.82) is 0 Å². The van der Waals surface area contributed by atoms with Crippen molar-refractivity contribution in [3.05, 3.63) is 64.7 Å². The van der Waals surface area contributed by atoms with E-state index in [1.807, 2.05) is 38.1 Å². The van der Waals surface area contributed by atoms with Crippen molar-refractivity contribution in [2.24, 2.45) is 0 Å². The van der Waals surface area contributed by atoms with Crippen LogP contribution >= 0.6 is 11.6 Å². The van der Waals surface area contributed by atoms with E-state index in [-0.39, 0.29) is 12.1 Å². The second-order valence-electron chi connectivity index (χ2n) is 5.43. The van der Waals surface area contributed by atoms with E-state index in [1.54, 1.807) is 0 Å². The molecule has 0 spiro atoms. The van der Waals surface area contributed by atoms with Crippen molar-refractivity contribution in [2.75, 3.05) is 0 Å². The van der Waals surface area contributed by atoms with Gasteiger partial charge in [0.25, 0.3) is 0 Å². The summed E-state index contributed by atoms with van der Waals surface area (Å²) in [4.78, 5) is 0. The van der Waals surface area contributed by atoms with Crippen LogP contribution in [-0.2, 0) is 6.54 Å². The zero-order valence-corrected chi connectivity index (χ0v) is 13.5. The molecule has 2 aromatic carbocycles. The van der Waals surface area contributed by atoms with Gasteiger partial charge in [0.2, 0.25) is 0 Å². The monoisotopic (exact) mass is 303 g/mol. The normalized spacial score (nSPS) is 12.4. The average Bonchev–Trinajstić information content (AvgIpc) is 2.47. The third kappa shape index (κ3) is 4.76. The molecule has 0 bridgehead atoms. The molecule has 0 amide bonds. The highest BCUT2D eigenvalue weighted by Gasteiger charge is 2.09. The van der Waals surface area contributed by atoms with E-state index in [0.29, 0.717) is 0 Å². The van der Waals surface area contributed by atoms with Gasteiger partial charge in [-0.25, -0.2) is 0 Å². The topological polar surface area (TPSA) is 21.3 Å². The molecule has 0 radical (unpaired) electrons. The Morgan fingerprint density at radius 2 is 1.76 bits per heavy atom. The molecule has 2 aromatic rings. The van der Waals surface area contributed by atoms with Crippen LogP contribution < -0.4 is 10.1 Å². The fourth-order valence-electron chi connectivity index (χ4n) is 2.18. The molecule has 2 rings (SSSR count). The summed E-state index contributed by atoms with van der Waals surface area (Å²) in [6.07, 6.45) is 0.150. The maximum absolute atomic E-state index is 6.10. The molecule has 112 valence electrons. The Balaban J connectivity index is 2.07. The molecule has 3 heteroatoms. The van der Waals surface area contributed by atoms with Gasteiger partial charge in [-0.05, 0) is 44.5 Å². The van der Waals surface area contributed by atoms with Crippen LogP contribution in [0.4, 0.5) is 0 Å². The molecule has 0 saturated heterocycles. The van der Waals surface area contributed by atoms with Crippen LogP contribution in [0.25, 0.3) is 0 Å². The summed E-state index contributed by atoms with van der Waals surface area (Å²) in [5.41, 5.74) is 2.35. The summed E-state index contributed by atoms with van der Waals surface area (Å²) < 4.78 is 5.84. The Bertz CT molecular complexity index is 569. The Morgan fingerprint density at radius 1 is 1.05 bits per heavy atom. The summed E-state index contributed by atoms with van der Waals surface area (Å²) in [6.45, 7) is 6.93. The molecule has 0 fully saturated rings. The van der Waals surface area contributed by atoms with Gasteiger partial charge in [-0.2, -0.15) is 0 Å². The minimum absolute atomic E-state index is 0.150. The van der Waals surface area contributed by atoms with Crippen LogP contribution in [0.1, 0.15) is 37.9 Å². The van der Waals surface area contributed by atoms with Gasteiger partial charge >= 0.3 is 0 Å². The first-order valence-corrected chi connectivity index (χ1v) is 7.67. The predicted octanol–water partition coefficient (Wildman–Crippen LogP) is 4.98. The highest BCUT2D eigenvalue weighted by Crippen LogP contribution is 2.24. The number of benzene rings is 2. The summed E-state index contributed by atoms with van der Waals surface area (Å²) >= 11 is 6.10. The van der Waals surface area contributed by atoms with Gasteiger partial charge in [-0.1, -0.05) is 41.9 Å². The first-order chi connectivity index (χ1) is 10.1. The highest BCUT2D eigenvalue weighted by atomic mass is 35.5. The van der Waals surface area contributed by atoms with Crippen LogP contribution in [0.15, 0.2) is 48.5 Å². The third-order valence-electron chi connectivity index (χ3n) is 3.28. The van der Waals surface area contributed by atoms with E-state index in [0.717, 1.165) is 22.9 Å². The maximum atomic E-state index is 6.10. The van der Waals surface area contributed by atoms with E-state index in [9.17, 15) is 0 Å². The minimum Gasteiger partial charge on any atom is -0.491 e. The SMILES string of the molecule is CC(C)Oc1ccc(Cl)cc1CN[C@@H](C)c1ccccc1. The lowest BCUT2D eigenvalue weighted by molar-refractivity contribution is 0.239. The molecular weight excluding hydrogens is 282 g/mol. The molecule has 0 saturated carbocycles. The number of rotatable bonds is 6. The van der Waals surface area contributed by atoms with E-state index in [2.05, 4.69) is 36.5 Å². The highest BCUT2D eigenvalue weighted by molar-refractivity contribution is 6.30. The standard InChI is InChI=1S/C18H22ClNO/c1-13(2)21-18-10-9-17(19)11-16(18)12-20-14(3)15-7-5-4-6-8-15/h4-11,13-14,20H,12H2,1-3H3/t14-/m0/s1. The van der Waals surface area contributed by atoms with Crippen molar-refractivity contribution in [3.63, 3.8) is 0 Å². The zero-order valence-electron chi connectivity index (χ0n) is 12.8. The van der Waals surface area contributed by atoms with Gasteiger partial charge in [-0.3, -0.25) is 0 Å². The van der Waals surface area contributed by atoms with Crippen molar-refractivity contribution in [2.45, 2.75) is 39.5 Å². The average molecular weight is 304 g/mol. The number of hydrogen-bond acceptors (Lipinski definition) is 2. The second-order valence-corrected chi connectivity index (χ2v) is 5.87. The third-order valence-corrected chi connectivity index (χ3v) is 3.52. The molecule has 21 heavy (non-hydrogen) atoms. The van der Waals surface area contributed by atoms with Gasteiger partial charge in [-0.15, -0.1) is 0 Å². The molecule has 2 nitrogen and oxygen atoms in total. The Labute approximate surface area is 132 Å². The molecule has 1 N–H and O–H groups in total. The van der Waals surface area contributed by atoms with Gasteiger partial charge in [0, 0.05) is 23.2 Å². The second kappa shape index (κ2) is 7.48. The maximum Gasteiger partial charge on any atom is 0.124 e. The van der Waals surface area contributed by atoms with Gasteiger partial charge in [0.05, 0.1) is 6.10 Å². The molecule has 0 aliphatic heterocycles. The Kier molecular flexibility index (Phi) is 5.66. The number of ether oxygens (including phenoxy) is 1. The van der Waals surface area contributed by atoms with Crippen molar-refractivity contribution in [1.82, 2.24) is 5.32 Å².